The molecule has 6 nitrogen and oxygen atoms in total. The molecule has 0 saturated carbocycles. The van der Waals surface area contributed by atoms with Crippen LogP contribution in [0.15, 0.2) is 60.8 Å². The maximum atomic E-state index is 13.2. The second-order valence-corrected chi connectivity index (χ2v) is 8.51. The van der Waals surface area contributed by atoms with Crippen molar-refractivity contribution in [3.63, 3.8) is 0 Å². The Morgan fingerprint density at radius 3 is 2.43 bits per heavy atom. The first-order valence-corrected chi connectivity index (χ1v) is 11.5. The van der Waals surface area contributed by atoms with Crippen molar-refractivity contribution in [3.8, 4) is 0 Å². The number of Topliss-reactive ketones (excluding diaryl/α,β-unsaturated/α-hetero) is 1. The highest BCUT2D eigenvalue weighted by atomic mass is 19.4. The van der Waals surface area contributed by atoms with E-state index in [1.165, 1.54) is 18.3 Å². The number of amides is 1. The van der Waals surface area contributed by atoms with Crippen LogP contribution in [0.25, 0.3) is 10.9 Å². The van der Waals surface area contributed by atoms with Crippen LogP contribution in [0.2, 0.25) is 0 Å². The summed E-state index contributed by atoms with van der Waals surface area (Å²) in [5.74, 6) is -0.704. The highest BCUT2D eigenvalue weighted by Crippen LogP contribution is 2.31. The molecule has 2 aromatic carbocycles. The van der Waals surface area contributed by atoms with Gasteiger partial charge in [-0.2, -0.15) is 13.2 Å². The Morgan fingerprint density at radius 2 is 1.74 bits per heavy atom. The summed E-state index contributed by atoms with van der Waals surface area (Å²) in [6.45, 7) is 0.405. The number of carbonyl (C=O) groups is 2. The minimum Gasteiger partial charge on any atom is -0.345 e. The van der Waals surface area contributed by atoms with Crippen molar-refractivity contribution in [3.05, 3.63) is 77.5 Å². The Hall–Kier alpha value is -3.30. The van der Waals surface area contributed by atoms with Crippen LogP contribution >= 0.6 is 0 Å². The van der Waals surface area contributed by atoms with E-state index in [9.17, 15) is 22.8 Å². The predicted molar refractivity (Wildman–Crippen MR) is 128 cm³/mol. The van der Waals surface area contributed by atoms with Gasteiger partial charge in [0.05, 0.1) is 23.2 Å². The molecule has 0 bridgehead atoms. The summed E-state index contributed by atoms with van der Waals surface area (Å²) in [5.41, 5.74) is 12.5. The van der Waals surface area contributed by atoms with Gasteiger partial charge in [-0.3, -0.25) is 14.6 Å². The third-order valence-corrected chi connectivity index (χ3v) is 5.77. The van der Waals surface area contributed by atoms with Gasteiger partial charge in [-0.25, -0.2) is 0 Å². The largest absolute Gasteiger partial charge is 0.416 e. The second-order valence-electron chi connectivity index (χ2n) is 8.51. The minimum atomic E-state index is -4.48. The second kappa shape index (κ2) is 11.9. The topological polar surface area (TPSA) is 111 Å². The lowest BCUT2D eigenvalue weighted by Crippen LogP contribution is -2.49. The molecule has 0 saturated heterocycles. The SMILES string of the molecule is NCCC[C@H](N)C(=O)N[C@H](CCc1ccccc1)C(=O)Cc1cnc2ccc(C(F)(F)F)cc2c1. The summed E-state index contributed by atoms with van der Waals surface area (Å²) < 4.78 is 39.3. The van der Waals surface area contributed by atoms with Gasteiger partial charge in [0.15, 0.2) is 5.78 Å². The molecule has 0 aliphatic heterocycles. The van der Waals surface area contributed by atoms with Crippen molar-refractivity contribution < 1.29 is 22.8 Å². The van der Waals surface area contributed by atoms with Gasteiger partial charge in [-0.05, 0) is 67.6 Å². The summed E-state index contributed by atoms with van der Waals surface area (Å²) in [6.07, 6.45) is -1.20. The number of nitrogens with zero attached hydrogens (tertiary/aromatic N) is 1. The number of fused-ring (bicyclic) bond motifs is 1. The molecule has 0 aliphatic carbocycles. The van der Waals surface area contributed by atoms with Crippen LogP contribution in [0.1, 0.15) is 36.0 Å². The molecule has 0 radical (unpaired) electrons. The van der Waals surface area contributed by atoms with E-state index >= 15 is 0 Å². The number of pyridine rings is 1. The van der Waals surface area contributed by atoms with E-state index < -0.39 is 29.7 Å². The van der Waals surface area contributed by atoms with Gasteiger partial charge in [-0.15, -0.1) is 0 Å². The number of ketones is 1. The maximum Gasteiger partial charge on any atom is 0.416 e. The molecule has 9 heteroatoms. The lowest BCUT2D eigenvalue weighted by Gasteiger charge is -2.20. The molecule has 0 fully saturated rings. The van der Waals surface area contributed by atoms with Crippen molar-refractivity contribution in [1.82, 2.24) is 10.3 Å². The normalized spacial score (nSPS) is 13.4. The fourth-order valence-corrected chi connectivity index (χ4v) is 3.79. The number of hydrogen-bond acceptors (Lipinski definition) is 5. The molecule has 3 aromatic rings. The van der Waals surface area contributed by atoms with E-state index in [-0.39, 0.29) is 12.2 Å². The average molecular weight is 487 g/mol. The van der Waals surface area contributed by atoms with E-state index in [2.05, 4.69) is 10.3 Å². The molecular weight excluding hydrogens is 457 g/mol. The smallest absolute Gasteiger partial charge is 0.345 e. The zero-order valence-corrected chi connectivity index (χ0v) is 19.2. The van der Waals surface area contributed by atoms with E-state index in [0.717, 1.165) is 17.7 Å². The number of benzene rings is 2. The van der Waals surface area contributed by atoms with Crippen LogP contribution in [-0.4, -0.2) is 35.3 Å². The number of rotatable bonds is 11. The fraction of sp³-hybridized carbons (Fsp3) is 0.346. The molecule has 2 atom stereocenters. The number of nitrogens with two attached hydrogens (primary N) is 2. The van der Waals surface area contributed by atoms with Crippen molar-refractivity contribution >= 4 is 22.6 Å². The van der Waals surface area contributed by atoms with Gasteiger partial charge in [0.2, 0.25) is 5.91 Å². The van der Waals surface area contributed by atoms with E-state index in [4.69, 9.17) is 11.5 Å². The van der Waals surface area contributed by atoms with E-state index in [1.807, 2.05) is 30.3 Å². The molecule has 35 heavy (non-hydrogen) atoms. The number of alkyl halides is 3. The summed E-state index contributed by atoms with van der Waals surface area (Å²) in [7, 11) is 0. The standard InChI is InChI=1S/C26H29F3N4O2/c27-26(28,29)20-9-11-22-19(15-20)13-18(16-32-22)14-24(34)23(10-8-17-5-2-1-3-6-17)33-25(35)21(31)7-4-12-30/h1-3,5-6,9,11,13,15-16,21,23H,4,7-8,10,12,14,30-31H2,(H,33,35)/t21-,23+/m0/s1. The summed E-state index contributed by atoms with van der Waals surface area (Å²) in [4.78, 5) is 30.0. The first-order valence-electron chi connectivity index (χ1n) is 11.5. The molecule has 1 aromatic heterocycles. The number of halogens is 3. The molecule has 186 valence electrons. The predicted octanol–water partition coefficient (Wildman–Crippen LogP) is 3.55. The summed E-state index contributed by atoms with van der Waals surface area (Å²) >= 11 is 0. The molecular formula is C26H29F3N4O2. The van der Waals surface area contributed by atoms with Gasteiger partial charge in [-0.1, -0.05) is 30.3 Å². The Labute approximate surface area is 201 Å². The third kappa shape index (κ3) is 7.60. The first kappa shape index (κ1) is 26.3. The maximum absolute atomic E-state index is 13.2. The number of carbonyl (C=O) groups excluding carboxylic acids is 2. The Morgan fingerprint density at radius 1 is 1.00 bits per heavy atom. The monoisotopic (exact) mass is 486 g/mol. The van der Waals surface area contributed by atoms with Crippen LogP contribution in [0, 0.1) is 0 Å². The van der Waals surface area contributed by atoms with Crippen molar-refractivity contribution in [2.75, 3.05) is 6.54 Å². The number of hydrogen-bond donors (Lipinski definition) is 3. The molecule has 1 amide bonds. The molecule has 5 N–H and O–H groups in total. The quantitative estimate of drug-likeness (QED) is 0.384. The Kier molecular flexibility index (Phi) is 8.95. The van der Waals surface area contributed by atoms with Gasteiger partial charge in [0.1, 0.15) is 0 Å². The van der Waals surface area contributed by atoms with Crippen LogP contribution in [0.3, 0.4) is 0 Å². The van der Waals surface area contributed by atoms with Gasteiger partial charge >= 0.3 is 6.18 Å². The van der Waals surface area contributed by atoms with E-state index in [1.54, 1.807) is 0 Å². The van der Waals surface area contributed by atoms with Crippen LogP contribution in [-0.2, 0) is 28.6 Å². The van der Waals surface area contributed by atoms with Gasteiger partial charge < -0.3 is 16.8 Å². The number of aryl methyl sites for hydroxylation is 1. The Bertz CT molecular complexity index is 1150. The number of aromatic nitrogens is 1. The molecule has 0 unspecified atom stereocenters. The van der Waals surface area contributed by atoms with Crippen molar-refractivity contribution in [2.45, 2.75) is 50.4 Å². The fourth-order valence-electron chi connectivity index (χ4n) is 3.79. The lowest BCUT2D eigenvalue weighted by atomic mass is 9.97. The molecule has 3 rings (SSSR count). The first-order chi connectivity index (χ1) is 16.7. The van der Waals surface area contributed by atoms with Gasteiger partial charge in [0, 0.05) is 18.0 Å². The third-order valence-electron chi connectivity index (χ3n) is 5.77. The molecule has 0 spiro atoms. The summed E-state index contributed by atoms with van der Waals surface area (Å²) in [5, 5.41) is 3.05. The van der Waals surface area contributed by atoms with Crippen LogP contribution in [0.4, 0.5) is 13.2 Å². The zero-order chi connectivity index (χ0) is 25.4. The highest BCUT2D eigenvalue weighted by molar-refractivity contribution is 5.92. The summed E-state index contributed by atoms with van der Waals surface area (Å²) in [6, 6.07) is 12.8. The Balaban J connectivity index is 1.77. The van der Waals surface area contributed by atoms with Crippen molar-refractivity contribution in [2.24, 2.45) is 11.5 Å². The number of nitrogens with one attached hydrogen (secondary N) is 1. The minimum absolute atomic E-state index is 0.0863. The van der Waals surface area contributed by atoms with Crippen molar-refractivity contribution in [1.29, 1.82) is 0 Å². The van der Waals surface area contributed by atoms with Gasteiger partial charge in [0.25, 0.3) is 0 Å². The molecule has 0 aliphatic rings. The highest BCUT2D eigenvalue weighted by Gasteiger charge is 2.30. The van der Waals surface area contributed by atoms with Crippen LogP contribution in [0.5, 0.6) is 0 Å². The molecule has 1 heterocycles. The van der Waals surface area contributed by atoms with E-state index in [0.29, 0.717) is 48.7 Å². The lowest BCUT2D eigenvalue weighted by molar-refractivity contribution is -0.137. The van der Waals surface area contributed by atoms with Crippen LogP contribution < -0.4 is 16.8 Å². The zero-order valence-electron chi connectivity index (χ0n) is 19.2. The average Bonchev–Trinajstić information content (AvgIpc) is 2.84.